The molecule has 0 unspecified atom stereocenters. The number of aromatic nitrogens is 1. The van der Waals surface area contributed by atoms with Gasteiger partial charge in [0, 0.05) is 30.4 Å². The van der Waals surface area contributed by atoms with Crippen LogP contribution in [0.2, 0.25) is 0 Å². The van der Waals surface area contributed by atoms with Crippen molar-refractivity contribution in [3.63, 3.8) is 0 Å². The Morgan fingerprint density at radius 3 is 2.54 bits per heavy atom. The SMILES string of the molecule is Cc1cc(C)c(NC(=O)/C=C/c2ccc(N3CCCC3=O)cc2)c(C)n1. The van der Waals surface area contributed by atoms with Gasteiger partial charge in [-0.05, 0) is 62.6 Å². The largest absolute Gasteiger partial charge is 0.321 e. The molecule has 0 aliphatic carbocycles. The summed E-state index contributed by atoms with van der Waals surface area (Å²) in [5.74, 6) is -0.0224. The van der Waals surface area contributed by atoms with Gasteiger partial charge in [-0.2, -0.15) is 0 Å². The van der Waals surface area contributed by atoms with E-state index in [0.717, 1.165) is 46.9 Å². The highest BCUT2D eigenvalue weighted by atomic mass is 16.2. The first kappa shape index (κ1) is 17.9. The highest BCUT2D eigenvalue weighted by Crippen LogP contribution is 2.22. The van der Waals surface area contributed by atoms with Gasteiger partial charge < -0.3 is 10.2 Å². The lowest BCUT2D eigenvalue weighted by Gasteiger charge is -2.15. The number of hydrogen-bond donors (Lipinski definition) is 1. The molecular weight excluding hydrogens is 326 g/mol. The van der Waals surface area contributed by atoms with Crippen molar-refractivity contribution in [1.29, 1.82) is 0 Å². The summed E-state index contributed by atoms with van der Waals surface area (Å²) in [5.41, 5.74) is 5.32. The quantitative estimate of drug-likeness (QED) is 0.854. The number of rotatable bonds is 4. The van der Waals surface area contributed by atoms with Crippen LogP contribution >= 0.6 is 0 Å². The summed E-state index contributed by atoms with van der Waals surface area (Å²) in [6.07, 6.45) is 4.80. The van der Waals surface area contributed by atoms with Gasteiger partial charge in [0.1, 0.15) is 0 Å². The minimum Gasteiger partial charge on any atom is -0.321 e. The first-order valence-electron chi connectivity index (χ1n) is 8.78. The predicted molar refractivity (Wildman–Crippen MR) is 104 cm³/mol. The van der Waals surface area contributed by atoms with Gasteiger partial charge in [-0.3, -0.25) is 14.6 Å². The Hall–Kier alpha value is -2.95. The van der Waals surface area contributed by atoms with Gasteiger partial charge in [0.15, 0.2) is 0 Å². The zero-order valence-electron chi connectivity index (χ0n) is 15.4. The van der Waals surface area contributed by atoms with Crippen LogP contribution in [0.1, 0.15) is 35.4 Å². The number of hydrogen-bond acceptors (Lipinski definition) is 3. The van der Waals surface area contributed by atoms with Gasteiger partial charge in [0.2, 0.25) is 11.8 Å². The molecule has 1 aromatic carbocycles. The third kappa shape index (κ3) is 3.99. The predicted octanol–water partition coefficient (Wildman–Crippen LogP) is 3.79. The molecule has 2 aromatic rings. The molecule has 3 rings (SSSR count). The van der Waals surface area contributed by atoms with Crippen LogP contribution in [-0.4, -0.2) is 23.3 Å². The van der Waals surface area contributed by atoms with E-state index in [1.54, 1.807) is 11.0 Å². The fourth-order valence-corrected chi connectivity index (χ4v) is 3.24. The van der Waals surface area contributed by atoms with E-state index >= 15 is 0 Å². The average molecular weight is 349 g/mol. The molecule has 1 N–H and O–H groups in total. The summed E-state index contributed by atoms with van der Waals surface area (Å²) in [6.45, 7) is 6.56. The van der Waals surface area contributed by atoms with Gasteiger partial charge in [-0.25, -0.2) is 0 Å². The molecule has 0 saturated carbocycles. The van der Waals surface area contributed by atoms with E-state index in [0.29, 0.717) is 6.42 Å². The minimum atomic E-state index is -0.194. The first-order valence-corrected chi connectivity index (χ1v) is 8.78. The summed E-state index contributed by atoms with van der Waals surface area (Å²) < 4.78 is 0. The van der Waals surface area contributed by atoms with Crippen LogP contribution < -0.4 is 10.2 Å². The number of carbonyl (C=O) groups is 2. The lowest BCUT2D eigenvalue weighted by Crippen LogP contribution is -2.23. The monoisotopic (exact) mass is 349 g/mol. The molecule has 1 fully saturated rings. The van der Waals surface area contributed by atoms with Crippen LogP contribution in [-0.2, 0) is 9.59 Å². The second-order valence-electron chi connectivity index (χ2n) is 6.60. The Labute approximate surface area is 153 Å². The fourth-order valence-electron chi connectivity index (χ4n) is 3.24. The van der Waals surface area contributed by atoms with E-state index in [4.69, 9.17) is 0 Å². The number of aryl methyl sites for hydroxylation is 3. The Morgan fingerprint density at radius 2 is 1.92 bits per heavy atom. The van der Waals surface area contributed by atoms with E-state index in [1.807, 2.05) is 51.1 Å². The van der Waals surface area contributed by atoms with Gasteiger partial charge in [0.05, 0.1) is 11.4 Å². The highest BCUT2D eigenvalue weighted by Gasteiger charge is 2.21. The third-order valence-corrected chi connectivity index (χ3v) is 4.48. The second-order valence-corrected chi connectivity index (χ2v) is 6.60. The second kappa shape index (κ2) is 7.52. The molecule has 0 radical (unpaired) electrons. The number of anilines is 2. The zero-order chi connectivity index (χ0) is 18.7. The fraction of sp³-hybridized carbons (Fsp3) is 0.286. The Kier molecular flexibility index (Phi) is 5.16. The van der Waals surface area contributed by atoms with Crippen LogP contribution in [0.15, 0.2) is 36.4 Å². The van der Waals surface area contributed by atoms with Gasteiger partial charge in [0.25, 0.3) is 0 Å². The zero-order valence-corrected chi connectivity index (χ0v) is 15.4. The lowest BCUT2D eigenvalue weighted by atomic mass is 10.1. The maximum Gasteiger partial charge on any atom is 0.248 e. The van der Waals surface area contributed by atoms with Crippen molar-refractivity contribution in [2.45, 2.75) is 33.6 Å². The smallest absolute Gasteiger partial charge is 0.248 e. The Morgan fingerprint density at radius 1 is 1.19 bits per heavy atom. The van der Waals surface area contributed by atoms with Crippen LogP contribution in [0.25, 0.3) is 6.08 Å². The van der Waals surface area contributed by atoms with Crippen LogP contribution in [0.4, 0.5) is 11.4 Å². The topological polar surface area (TPSA) is 62.3 Å². The van der Waals surface area contributed by atoms with Crippen molar-refractivity contribution in [2.24, 2.45) is 0 Å². The standard InChI is InChI=1S/C21H23N3O2/c1-14-13-15(2)22-16(3)21(14)23-19(25)11-8-17-6-9-18(10-7-17)24-12-4-5-20(24)26/h6-11,13H,4-5,12H2,1-3H3,(H,23,25)/b11-8+. The maximum atomic E-state index is 12.2. The van der Waals surface area contributed by atoms with Crippen LogP contribution in [0, 0.1) is 20.8 Å². The summed E-state index contributed by atoms with van der Waals surface area (Å²) >= 11 is 0. The number of carbonyl (C=O) groups excluding carboxylic acids is 2. The molecule has 0 spiro atoms. The minimum absolute atomic E-state index is 0.171. The van der Waals surface area contributed by atoms with Crippen LogP contribution in [0.3, 0.4) is 0 Å². The molecule has 1 aliphatic rings. The molecule has 5 heteroatoms. The molecule has 0 bridgehead atoms. The van der Waals surface area contributed by atoms with Gasteiger partial charge >= 0.3 is 0 Å². The van der Waals surface area contributed by atoms with Crippen molar-refractivity contribution in [2.75, 3.05) is 16.8 Å². The number of nitrogens with one attached hydrogen (secondary N) is 1. The molecule has 2 amide bonds. The van der Waals surface area contributed by atoms with E-state index in [-0.39, 0.29) is 11.8 Å². The highest BCUT2D eigenvalue weighted by molar-refractivity contribution is 6.02. The van der Waals surface area contributed by atoms with Crippen molar-refractivity contribution in [3.05, 3.63) is 58.9 Å². The summed E-state index contributed by atoms with van der Waals surface area (Å²) in [6, 6.07) is 9.60. The molecule has 134 valence electrons. The average Bonchev–Trinajstić information content (AvgIpc) is 3.03. The summed E-state index contributed by atoms with van der Waals surface area (Å²) in [4.78, 5) is 30.2. The number of amides is 2. The van der Waals surface area contributed by atoms with E-state index in [2.05, 4.69) is 10.3 Å². The van der Waals surface area contributed by atoms with Crippen molar-refractivity contribution in [3.8, 4) is 0 Å². The Bertz CT molecular complexity index is 846. The maximum absolute atomic E-state index is 12.2. The molecule has 1 aliphatic heterocycles. The van der Waals surface area contributed by atoms with Gasteiger partial charge in [-0.1, -0.05) is 12.1 Å². The summed E-state index contributed by atoms with van der Waals surface area (Å²) in [5, 5.41) is 2.90. The van der Waals surface area contributed by atoms with Crippen molar-refractivity contribution < 1.29 is 9.59 Å². The molecule has 0 atom stereocenters. The third-order valence-electron chi connectivity index (χ3n) is 4.48. The van der Waals surface area contributed by atoms with E-state index in [1.165, 1.54) is 6.08 Å². The van der Waals surface area contributed by atoms with Crippen molar-refractivity contribution in [1.82, 2.24) is 4.98 Å². The number of nitrogens with zero attached hydrogens (tertiary/aromatic N) is 2. The molecular formula is C21H23N3O2. The van der Waals surface area contributed by atoms with Crippen molar-refractivity contribution >= 4 is 29.3 Å². The normalized spacial score (nSPS) is 14.3. The molecule has 5 nitrogen and oxygen atoms in total. The van der Waals surface area contributed by atoms with Crippen LogP contribution in [0.5, 0.6) is 0 Å². The summed E-state index contributed by atoms with van der Waals surface area (Å²) in [7, 11) is 0. The molecule has 26 heavy (non-hydrogen) atoms. The number of pyridine rings is 1. The number of benzene rings is 1. The molecule has 1 aromatic heterocycles. The first-order chi connectivity index (χ1) is 12.4. The Balaban J connectivity index is 1.66. The molecule has 2 heterocycles. The van der Waals surface area contributed by atoms with Gasteiger partial charge in [-0.15, -0.1) is 0 Å². The lowest BCUT2D eigenvalue weighted by molar-refractivity contribution is -0.117. The van der Waals surface area contributed by atoms with E-state index < -0.39 is 0 Å². The van der Waals surface area contributed by atoms with E-state index in [9.17, 15) is 9.59 Å². The molecule has 1 saturated heterocycles.